The predicted molar refractivity (Wildman–Crippen MR) is 130 cm³/mol. The summed E-state index contributed by atoms with van der Waals surface area (Å²) in [5.41, 5.74) is 2.50. The number of allylic oxidation sites excluding steroid dienone is 2. The van der Waals surface area contributed by atoms with Gasteiger partial charge in [-0.3, -0.25) is 9.69 Å². The second kappa shape index (κ2) is 11.1. The minimum atomic E-state index is -0.567. The smallest absolute Gasteiger partial charge is 0.331 e. The van der Waals surface area contributed by atoms with Crippen molar-refractivity contribution in [1.29, 1.82) is 0 Å². The van der Waals surface area contributed by atoms with Gasteiger partial charge in [-0.2, -0.15) is 0 Å². The summed E-state index contributed by atoms with van der Waals surface area (Å²) < 4.78 is 17.0. The fraction of sp³-hybridized carbons (Fsp3) is 0.286. The van der Waals surface area contributed by atoms with Crippen LogP contribution in [0.4, 0.5) is 11.4 Å². The van der Waals surface area contributed by atoms with Crippen LogP contribution in [0, 0.1) is 0 Å². The Hall–Kier alpha value is -3.48. The minimum absolute atomic E-state index is 0.231. The number of amides is 1. The second-order valence-corrected chi connectivity index (χ2v) is 8.28. The first-order chi connectivity index (χ1) is 16.5. The van der Waals surface area contributed by atoms with Crippen molar-refractivity contribution < 1.29 is 23.8 Å². The first kappa shape index (κ1) is 23.7. The molecule has 2 aliphatic rings. The van der Waals surface area contributed by atoms with Gasteiger partial charge in [-0.25, -0.2) is 4.79 Å². The Balaban J connectivity index is 1.35. The van der Waals surface area contributed by atoms with Gasteiger partial charge in [0.15, 0.2) is 5.79 Å². The molecule has 0 radical (unpaired) electrons. The van der Waals surface area contributed by atoms with Gasteiger partial charge in [0.1, 0.15) is 6.10 Å². The lowest BCUT2D eigenvalue weighted by Crippen LogP contribution is -2.32. The summed E-state index contributed by atoms with van der Waals surface area (Å²) in [5, 5.41) is 0. The molecule has 1 atom stereocenters. The summed E-state index contributed by atoms with van der Waals surface area (Å²) in [5.74, 6) is -1.25. The molecule has 4 rings (SSSR count). The van der Waals surface area contributed by atoms with Crippen LogP contribution in [0.5, 0.6) is 0 Å². The third-order valence-corrected chi connectivity index (χ3v) is 5.71. The third-order valence-electron chi connectivity index (χ3n) is 5.71. The number of ether oxygens (including phenoxy) is 3. The van der Waals surface area contributed by atoms with Gasteiger partial charge in [-0.1, -0.05) is 48.6 Å². The zero-order valence-corrected chi connectivity index (χ0v) is 19.3. The zero-order valence-electron chi connectivity index (χ0n) is 19.3. The second-order valence-electron chi connectivity index (χ2n) is 8.28. The normalized spacial score (nSPS) is 18.2. The van der Waals surface area contributed by atoms with Crippen molar-refractivity contribution in [3.63, 3.8) is 0 Å². The number of hydrogen-bond acceptors (Lipinski definition) is 5. The van der Waals surface area contributed by atoms with E-state index in [9.17, 15) is 9.59 Å². The van der Waals surface area contributed by atoms with Crippen LogP contribution >= 0.6 is 0 Å². The number of nitrogens with zero attached hydrogens (tertiary/aromatic N) is 1. The van der Waals surface area contributed by atoms with Crippen LogP contribution in [0.15, 0.2) is 96.6 Å². The molecule has 176 valence electrons. The molecular weight excluding hydrogens is 430 g/mol. The van der Waals surface area contributed by atoms with Crippen molar-refractivity contribution in [3.05, 3.63) is 96.6 Å². The highest BCUT2D eigenvalue weighted by Crippen LogP contribution is 2.36. The van der Waals surface area contributed by atoms with Crippen molar-refractivity contribution in [3.8, 4) is 0 Å². The van der Waals surface area contributed by atoms with Gasteiger partial charge in [0.25, 0.3) is 5.91 Å². The molecule has 2 aromatic rings. The van der Waals surface area contributed by atoms with Crippen LogP contribution in [0.3, 0.4) is 0 Å². The van der Waals surface area contributed by atoms with E-state index in [-0.39, 0.29) is 5.91 Å². The van der Waals surface area contributed by atoms with E-state index in [0.717, 1.165) is 29.8 Å². The lowest BCUT2D eigenvalue weighted by atomic mass is 9.93. The van der Waals surface area contributed by atoms with Gasteiger partial charge in [0.2, 0.25) is 0 Å². The van der Waals surface area contributed by atoms with E-state index in [1.54, 1.807) is 24.0 Å². The molecule has 0 aromatic heterocycles. The highest BCUT2D eigenvalue weighted by Gasteiger charge is 2.38. The van der Waals surface area contributed by atoms with Crippen molar-refractivity contribution in [2.45, 2.75) is 38.1 Å². The number of carbonyl (C=O) groups excluding carboxylic acids is 2. The number of anilines is 2. The summed E-state index contributed by atoms with van der Waals surface area (Å²) in [6.45, 7) is 2.93. The molecule has 0 N–H and O–H groups in total. The fourth-order valence-electron chi connectivity index (χ4n) is 4.11. The van der Waals surface area contributed by atoms with Gasteiger partial charge in [0.05, 0.1) is 13.2 Å². The molecule has 1 fully saturated rings. The highest BCUT2D eigenvalue weighted by atomic mass is 16.7. The van der Waals surface area contributed by atoms with E-state index in [1.807, 2.05) is 60.7 Å². The molecule has 1 aliphatic carbocycles. The van der Waals surface area contributed by atoms with Crippen LogP contribution in [-0.4, -0.2) is 37.0 Å². The molecular formula is C28H29NO5. The maximum Gasteiger partial charge on any atom is 0.331 e. The SMILES string of the molecule is C[C@H](/C=C\C(=O)N(c1ccccc1)c1ccccc1)OC(=O)/C=C/C1=CCCC2(C1)OCCO2. The van der Waals surface area contributed by atoms with Gasteiger partial charge in [-0.05, 0) is 49.3 Å². The summed E-state index contributed by atoms with van der Waals surface area (Å²) in [6, 6.07) is 18.8. The molecule has 0 unspecified atom stereocenters. The topological polar surface area (TPSA) is 65.1 Å². The lowest BCUT2D eigenvalue weighted by Gasteiger charge is -2.30. The van der Waals surface area contributed by atoms with Crippen LogP contribution in [-0.2, 0) is 23.8 Å². The van der Waals surface area contributed by atoms with Gasteiger partial charge < -0.3 is 14.2 Å². The lowest BCUT2D eigenvalue weighted by molar-refractivity contribution is -0.162. The van der Waals surface area contributed by atoms with Gasteiger partial charge >= 0.3 is 5.97 Å². The monoisotopic (exact) mass is 459 g/mol. The van der Waals surface area contributed by atoms with Crippen LogP contribution in [0.25, 0.3) is 0 Å². The number of esters is 1. The van der Waals surface area contributed by atoms with Crippen LogP contribution in [0.1, 0.15) is 26.2 Å². The zero-order chi connectivity index (χ0) is 23.8. The minimum Gasteiger partial charge on any atom is -0.455 e. The molecule has 6 nitrogen and oxygen atoms in total. The number of rotatable bonds is 7. The quantitative estimate of drug-likeness (QED) is 0.418. The summed E-state index contributed by atoms with van der Waals surface area (Å²) in [4.78, 5) is 27.0. The Labute approximate surface area is 200 Å². The summed E-state index contributed by atoms with van der Waals surface area (Å²) in [6.07, 6.45) is 9.99. The maximum absolute atomic E-state index is 13.0. The van der Waals surface area contributed by atoms with Gasteiger partial charge in [0, 0.05) is 36.4 Å². The van der Waals surface area contributed by atoms with Crippen LogP contribution in [0.2, 0.25) is 0 Å². The average Bonchev–Trinajstić information content (AvgIpc) is 3.30. The number of hydrogen-bond donors (Lipinski definition) is 0. The Morgan fingerprint density at radius 1 is 0.971 bits per heavy atom. The largest absolute Gasteiger partial charge is 0.455 e. The summed E-state index contributed by atoms with van der Waals surface area (Å²) in [7, 11) is 0. The Morgan fingerprint density at radius 3 is 2.21 bits per heavy atom. The highest BCUT2D eigenvalue weighted by molar-refractivity contribution is 6.07. The molecule has 1 spiro atoms. The molecule has 2 aromatic carbocycles. The predicted octanol–water partition coefficient (Wildman–Crippen LogP) is 5.25. The van der Waals surface area contributed by atoms with E-state index in [0.29, 0.717) is 19.6 Å². The average molecular weight is 460 g/mol. The third kappa shape index (κ3) is 6.10. The molecule has 6 heteroatoms. The van der Waals surface area contributed by atoms with Crippen molar-refractivity contribution in [1.82, 2.24) is 0 Å². The summed E-state index contributed by atoms with van der Waals surface area (Å²) >= 11 is 0. The molecule has 0 saturated carbocycles. The molecule has 0 bridgehead atoms. The van der Waals surface area contributed by atoms with E-state index < -0.39 is 17.9 Å². The molecule has 1 saturated heterocycles. The van der Waals surface area contributed by atoms with E-state index in [1.165, 1.54) is 12.2 Å². The Morgan fingerprint density at radius 2 is 1.59 bits per heavy atom. The first-order valence-corrected chi connectivity index (χ1v) is 11.5. The molecule has 34 heavy (non-hydrogen) atoms. The molecule has 1 heterocycles. The van der Waals surface area contributed by atoms with E-state index in [2.05, 4.69) is 6.08 Å². The number of carbonyl (C=O) groups is 2. The van der Waals surface area contributed by atoms with Crippen molar-refractivity contribution >= 4 is 23.3 Å². The van der Waals surface area contributed by atoms with Gasteiger partial charge in [-0.15, -0.1) is 0 Å². The first-order valence-electron chi connectivity index (χ1n) is 11.5. The van der Waals surface area contributed by atoms with E-state index >= 15 is 0 Å². The van der Waals surface area contributed by atoms with Crippen molar-refractivity contribution in [2.24, 2.45) is 0 Å². The molecule has 1 aliphatic heterocycles. The van der Waals surface area contributed by atoms with Crippen LogP contribution < -0.4 is 4.90 Å². The maximum atomic E-state index is 13.0. The fourth-order valence-corrected chi connectivity index (χ4v) is 4.11. The Kier molecular flexibility index (Phi) is 7.72. The Bertz CT molecular complexity index is 1030. The number of benzene rings is 2. The number of para-hydroxylation sites is 2. The molecule has 1 amide bonds. The van der Waals surface area contributed by atoms with E-state index in [4.69, 9.17) is 14.2 Å². The van der Waals surface area contributed by atoms with Crippen molar-refractivity contribution in [2.75, 3.05) is 18.1 Å². The standard InChI is InChI=1S/C28H29NO5/c1-22(34-27(31)17-15-23-9-8-18-28(21-23)32-19-20-33-28)14-16-26(30)29(24-10-4-2-5-11-24)25-12-6-3-7-13-25/h2-7,9-17,22H,8,18-21H2,1H3/b16-14-,17-15+/t22-/m1/s1.